The Morgan fingerprint density at radius 3 is 2.91 bits per heavy atom. The van der Waals surface area contributed by atoms with E-state index in [4.69, 9.17) is 13.9 Å². The lowest BCUT2D eigenvalue weighted by molar-refractivity contribution is -0.384. The summed E-state index contributed by atoms with van der Waals surface area (Å²) in [5.41, 5.74) is 1.55. The Hall–Kier alpha value is -3.60. The molecule has 0 spiro atoms. The number of hydrogen-bond acceptors (Lipinski definition) is 9. The summed E-state index contributed by atoms with van der Waals surface area (Å²) >= 11 is 1.14. The summed E-state index contributed by atoms with van der Waals surface area (Å²) in [6, 6.07) is 11.9. The molecule has 1 amide bonds. The second kappa shape index (κ2) is 8.50. The van der Waals surface area contributed by atoms with Gasteiger partial charge >= 0.3 is 0 Å². The molecule has 0 fully saturated rings. The van der Waals surface area contributed by atoms with Crippen molar-refractivity contribution in [1.29, 1.82) is 0 Å². The molecule has 0 aliphatic carbocycles. The van der Waals surface area contributed by atoms with E-state index >= 15 is 0 Å². The zero-order valence-electron chi connectivity index (χ0n) is 16.8. The number of aromatic nitrogens is 2. The van der Waals surface area contributed by atoms with Crippen LogP contribution in [-0.2, 0) is 11.2 Å². The molecule has 2 aliphatic rings. The zero-order valence-corrected chi connectivity index (χ0v) is 17.6. The van der Waals surface area contributed by atoms with E-state index in [1.807, 2.05) is 18.2 Å². The summed E-state index contributed by atoms with van der Waals surface area (Å²) in [6.45, 7) is 0.810. The van der Waals surface area contributed by atoms with E-state index in [2.05, 4.69) is 10.2 Å². The van der Waals surface area contributed by atoms with Crippen molar-refractivity contribution in [2.24, 2.45) is 0 Å². The predicted molar refractivity (Wildman–Crippen MR) is 114 cm³/mol. The van der Waals surface area contributed by atoms with Gasteiger partial charge in [-0.1, -0.05) is 23.9 Å². The third-order valence-corrected chi connectivity index (χ3v) is 6.02. The van der Waals surface area contributed by atoms with Gasteiger partial charge < -0.3 is 18.8 Å². The molecule has 32 heavy (non-hydrogen) atoms. The minimum Gasteiger partial charge on any atom is -0.485 e. The van der Waals surface area contributed by atoms with E-state index in [9.17, 15) is 14.9 Å². The second-order valence-corrected chi connectivity index (χ2v) is 8.20. The SMILES string of the molecule is O=C(CSc1nnc(C2COc3ccccc3O2)o1)N1CCCc2cc([N+](=O)[O-])ccc21. The van der Waals surface area contributed by atoms with Gasteiger partial charge in [-0.05, 0) is 36.6 Å². The normalized spacial score (nSPS) is 17.0. The Balaban J connectivity index is 1.23. The van der Waals surface area contributed by atoms with Gasteiger partial charge in [0, 0.05) is 24.4 Å². The first-order valence-electron chi connectivity index (χ1n) is 10.0. The van der Waals surface area contributed by atoms with Crippen LogP contribution < -0.4 is 14.4 Å². The number of carbonyl (C=O) groups is 1. The number of fused-ring (bicyclic) bond motifs is 2. The molecule has 11 heteroatoms. The average Bonchev–Trinajstić information content (AvgIpc) is 3.30. The van der Waals surface area contributed by atoms with E-state index < -0.39 is 11.0 Å². The molecule has 10 nitrogen and oxygen atoms in total. The first kappa shape index (κ1) is 20.3. The van der Waals surface area contributed by atoms with E-state index in [0.29, 0.717) is 30.2 Å². The van der Waals surface area contributed by atoms with Crippen molar-refractivity contribution in [3.8, 4) is 11.5 Å². The van der Waals surface area contributed by atoms with Crippen LogP contribution in [-0.4, -0.2) is 39.9 Å². The van der Waals surface area contributed by atoms with Gasteiger partial charge in [-0.25, -0.2) is 0 Å². The summed E-state index contributed by atoms with van der Waals surface area (Å²) in [4.78, 5) is 25.1. The molecule has 3 heterocycles. The molecule has 3 aromatic rings. The maximum Gasteiger partial charge on any atom is 0.277 e. The molecule has 164 valence electrons. The lowest BCUT2D eigenvalue weighted by atomic mass is 10.0. The van der Waals surface area contributed by atoms with Gasteiger partial charge in [0.2, 0.25) is 12.0 Å². The van der Waals surface area contributed by atoms with E-state index in [-0.39, 0.29) is 35.1 Å². The smallest absolute Gasteiger partial charge is 0.277 e. The fourth-order valence-corrected chi connectivity index (χ4v) is 4.35. The molecule has 0 bridgehead atoms. The van der Waals surface area contributed by atoms with Gasteiger partial charge in [-0.2, -0.15) is 0 Å². The molecular formula is C21H18N4O6S. The van der Waals surface area contributed by atoms with Crippen molar-refractivity contribution >= 4 is 29.0 Å². The highest BCUT2D eigenvalue weighted by Gasteiger charge is 2.28. The third-order valence-electron chi connectivity index (χ3n) is 5.22. The molecule has 0 radical (unpaired) electrons. The maximum absolute atomic E-state index is 12.8. The Morgan fingerprint density at radius 1 is 1.22 bits per heavy atom. The number of amides is 1. The summed E-state index contributed by atoms with van der Waals surface area (Å²) in [7, 11) is 0. The Kier molecular flexibility index (Phi) is 5.39. The minimum atomic E-state index is -0.521. The van der Waals surface area contributed by atoms with Crippen LogP contribution in [0.5, 0.6) is 11.5 Å². The lowest BCUT2D eigenvalue weighted by Gasteiger charge is -2.29. The predicted octanol–water partition coefficient (Wildman–Crippen LogP) is 3.56. The number of carbonyl (C=O) groups excluding carboxylic acids is 1. The quantitative estimate of drug-likeness (QED) is 0.323. The molecule has 1 aromatic heterocycles. The van der Waals surface area contributed by atoms with E-state index in [0.717, 1.165) is 23.7 Å². The number of ether oxygens (including phenoxy) is 2. The van der Waals surface area contributed by atoms with Crippen LogP contribution in [0.25, 0.3) is 0 Å². The summed E-state index contributed by atoms with van der Waals surface area (Å²) in [5, 5.41) is 19.3. The number of non-ortho nitro benzene ring substituents is 1. The number of para-hydroxylation sites is 2. The monoisotopic (exact) mass is 454 g/mol. The van der Waals surface area contributed by atoms with Crippen molar-refractivity contribution < 1.29 is 23.6 Å². The van der Waals surface area contributed by atoms with Gasteiger partial charge in [0.25, 0.3) is 16.8 Å². The molecule has 1 unspecified atom stereocenters. The van der Waals surface area contributed by atoms with Crippen LogP contribution in [0.4, 0.5) is 11.4 Å². The van der Waals surface area contributed by atoms with Crippen molar-refractivity contribution in [1.82, 2.24) is 10.2 Å². The maximum atomic E-state index is 12.8. The molecule has 1 atom stereocenters. The topological polar surface area (TPSA) is 121 Å². The minimum absolute atomic E-state index is 0.0300. The van der Waals surface area contributed by atoms with Gasteiger partial charge in [0.05, 0.1) is 10.7 Å². The van der Waals surface area contributed by atoms with Gasteiger partial charge in [-0.15, -0.1) is 10.2 Å². The van der Waals surface area contributed by atoms with Gasteiger partial charge in [0.15, 0.2) is 11.5 Å². The highest BCUT2D eigenvalue weighted by Crippen LogP contribution is 2.36. The van der Waals surface area contributed by atoms with Crippen molar-refractivity contribution in [3.05, 3.63) is 64.0 Å². The molecule has 2 aliphatic heterocycles. The summed E-state index contributed by atoms with van der Waals surface area (Å²) < 4.78 is 17.2. The van der Waals surface area contributed by atoms with Crippen LogP contribution >= 0.6 is 11.8 Å². The summed E-state index contributed by atoms with van der Waals surface area (Å²) in [6.07, 6.45) is 0.927. The number of aryl methyl sites for hydroxylation is 1. The first-order chi connectivity index (χ1) is 15.6. The standard InChI is InChI=1S/C21H18N4O6S/c26-19(24-9-3-4-13-10-14(25(27)28)7-8-15(13)24)12-32-21-23-22-20(31-21)18-11-29-16-5-1-2-6-17(16)30-18/h1-2,5-8,10,18H,3-4,9,11-12H2. The van der Waals surface area contributed by atoms with Crippen molar-refractivity contribution in [2.75, 3.05) is 23.8 Å². The first-order valence-corrected chi connectivity index (χ1v) is 11.0. The fraction of sp³-hybridized carbons (Fsp3) is 0.286. The fourth-order valence-electron chi connectivity index (χ4n) is 3.71. The zero-order chi connectivity index (χ0) is 22.1. The van der Waals surface area contributed by atoms with E-state index in [1.165, 1.54) is 12.1 Å². The molecule has 0 saturated carbocycles. The summed E-state index contributed by atoms with van der Waals surface area (Å²) in [5.74, 6) is 1.52. The Labute approximate surface area is 186 Å². The van der Waals surface area contributed by atoms with Gasteiger partial charge in [-0.3, -0.25) is 14.9 Å². The molecule has 2 aromatic carbocycles. The van der Waals surface area contributed by atoms with Crippen molar-refractivity contribution in [2.45, 2.75) is 24.2 Å². The van der Waals surface area contributed by atoms with Gasteiger partial charge in [0.1, 0.15) is 6.61 Å². The average molecular weight is 454 g/mol. The van der Waals surface area contributed by atoms with Crippen LogP contribution in [0.3, 0.4) is 0 Å². The number of nitro benzene ring substituents is 1. The van der Waals surface area contributed by atoms with Crippen LogP contribution in [0.15, 0.2) is 52.1 Å². The third kappa shape index (κ3) is 3.98. The van der Waals surface area contributed by atoms with Crippen LogP contribution in [0.1, 0.15) is 24.0 Å². The largest absolute Gasteiger partial charge is 0.485 e. The number of hydrogen-bond donors (Lipinski definition) is 0. The lowest BCUT2D eigenvalue weighted by Crippen LogP contribution is -2.36. The van der Waals surface area contributed by atoms with Crippen LogP contribution in [0.2, 0.25) is 0 Å². The number of thioether (sulfide) groups is 1. The number of nitro groups is 1. The Bertz CT molecular complexity index is 1180. The highest BCUT2D eigenvalue weighted by molar-refractivity contribution is 7.99. The van der Waals surface area contributed by atoms with E-state index in [1.54, 1.807) is 17.0 Å². The number of benzene rings is 2. The number of rotatable bonds is 5. The number of anilines is 1. The number of nitrogens with zero attached hydrogens (tertiary/aromatic N) is 4. The van der Waals surface area contributed by atoms with Crippen molar-refractivity contribution in [3.63, 3.8) is 0 Å². The second-order valence-electron chi connectivity index (χ2n) is 7.28. The molecule has 5 rings (SSSR count). The molecule has 0 saturated heterocycles. The van der Waals surface area contributed by atoms with Crippen LogP contribution in [0, 0.1) is 10.1 Å². The Morgan fingerprint density at radius 2 is 2.06 bits per heavy atom. The molecular weight excluding hydrogens is 436 g/mol. The highest BCUT2D eigenvalue weighted by atomic mass is 32.2. The molecule has 0 N–H and O–H groups in total.